The predicted molar refractivity (Wildman–Crippen MR) is 99.4 cm³/mol. The molecule has 0 saturated heterocycles. The summed E-state index contributed by atoms with van der Waals surface area (Å²) in [5.41, 5.74) is 3.43. The molecule has 0 aliphatic heterocycles. The first-order chi connectivity index (χ1) is 12.7. The number of carbonyl (C=O) groups excluding carboxylic acids is 1. The number of nitrogens with zero attached hydrogens (tertiary/aromatic N) is 2. The van der Waals surface area contributed by atoms with Gasteiger partial charge in [-0.15, -0.1) is 0 Å². The van der Waals surface area contributed by atoms with E-state index in [0.29, 0.717) is 11.3 Å². The Hall–Kier alpha value is -3.21. The highest BCUT2D eigenvalue weighted by atomic mass is 16.5. The van der Waals surface area contributed by atoms with Gasteiger partial charge >= 0.3 is 5.97 Å². The fraction of sp³-hybridized carbons (Fsp3) is 0.190. The zero-order chi connectivity index (χ0) is 18.4. The summed E-state index contributed by atoms with van der Waals surface area (Å²) < 4.78 is 10.3. The Labute approximate surface area is 152 Å². The second-order valence-electron chi connectivity index (χ2n) is 5.80. The van der Waals surface area contributed by atoms with Crippen LogP contribution in [0.25, 0.3) is 11.3 Å². The molecule has 0 fully saturated rings. The van der Waals surface area contributed by atoms with Crippen LogP contribution in [0.4, 0.5) is 0 Å². The van der Waals surface area contributed by atoms with Crippen LogP contribution in [-0.2, 0) is 6.42 Å². The summed E-state index contributed by atoms with van der Waals surface area (Å²) in [6.45, 7) is 2.16. The van der Waals surface area contributed by atoms with Crippen molar-refractivity contribution in [3.8, 4) is 22.9 Å². The largest absolute Gasteiger partial charge is 0.497 e. The first kappa shape index (κ1) is 17.6. The van der Waals surface area contributed by atoms with Crippen LogP contribution in [-0.4, -0.2) is 23.0 Å². The van der Waals surface area contributed by atoms with Crippen LogP contribution in [0.5, 0.6) is 11.6 Å². The van der Waals surface area contributed by atoms with Crippen LogP contribution in [0.1, 0.15) is 29.3 Å². The Kier molecular flexibility index (Phi) is 5.59. The molecule has 0 aliphatic rings. The van der Waals surface area contributed by atoms with Crippen molar-refractivity contribution in [1.82, 2.24) is 9.97 Å². The van der Waals surface area contributed by atoms with Gasteiger partial charge in [0.2, 0.25) is 5.88 Å². The van der Waals surface area contributed by atoms with Crippen molar-refractivity contribution in [2.45, 2.75) is 19.8 Å². The zero-order valence-corrected chi connectivity index (χ0v) is 14.8. The highest BCUT2D eigenvalue weighted by Gasteiger charge is 2.10. The fourth-order valence-corrected chi connectivity index (χ4v) is 2.53. The number of carbonyl (C=O) groups is 1. The second kappa shape index (κ2) is 8.25. The molecule has 1 aromatic heterocycles. The minimum absolute atomic E-state index is 0.164. The summed E-state index contributed by atoms with van der Waals surface area (Å²) in [4.78, 5) is 20.7. The first-order valence-corrected chi connectivity index (χ1v) is 8.47. The Morgan fingerprint density at radius 3 is 2.27 bits per heavy atom. The van der Waals surface area contributed by atoms with E-state index < -0.39 is 5.97 Å². The Morgan fingerprint density at radius 2 is 1.69 bits per heavy atom. The van der Waals surface area contributed by atoms with Crippen molar-refractivity contribution in [2.75, 3.05) is 7.11 Å². The monoisotopic (exact) mass is 348 g/mol. The first-order valence-electron chi connectivity index (χ1n) is 8.47. The molecule has 0 atom stereocenters. The number of esters is 1. The molecule has 0 spiro atoms. The van der Waals surface area contributed by atoms with Crippen LogP contribution in [0.15, 0.2) is 60.9 Å². The van der Waals surface area contributed by atoms with Gasteiger partial charge in [0.1, 0.15) is 5.75 Å². The number of hydrogen-bond donors (Lipinski definition) is 0. The van der Waals surface area contributed by atoms with E-state index in [9.17, 15) is 4.79 Å². The zero-order valence-electron chi connectivity index (χ0n) is 14.8. The third-order valence-corrected chi connectivity index (χ3v) is 3.94. The highest BCUT2D eigenvalue weighted by molar-refractivity contribution is 5.90. The summed E-state index contributed by atoms with van der Waals surface area (Å²) in [5.74, 6) is 0.353. The number of aryl methyl sites for hydroxylation is 1. The van der Waals surface area contributed by atoms with Crippen molar-refractivity contribution in [3.05, 3.63) is 72.1 Å². The van der Waals surface area contributed by atoms with Crippen molar-refractivity contribution in [1.29, 1.82) is 0 Å². The number of methoxy groups -OCH3 is 1. The molecular formula is C21H20N2O3. The van der Waals surface area contributed by atoms with Crippen LogP contribution >= 0.6 is 0 Å². The number of benzene rings is 2. The van der Waals surface area contributed by atoms with Crippen molar-refractivity contribution in [3.63, 3.8) is 0 Å². The molecule has 5 heteroatoms. The lowest BCUT2D eigenvalue weighted by Crippen LogP contribution is -2.09. The molecule has 5 nitrogen and oxygen atoms in total. The lowest BCUT2D eigenvalue weighted by atomic mass is 10.1. The summed E-state index contributed by atoms with van der Waals surface area (Å²) >= 11 is 0. The molecule has 2 aromatic carbocycles. The Balaban J connectivity index is 1.67. The molecule has 0 radical (unpaired) electrons. The summed E-state index contributed by atoms with van der Waals surface area (Å²) in [6, 6.07) is 14.9. The van der Waals surface area contributed by atoms with E-state index in [1.165, 1.54) is 11.8 Å². The van der Waals surface area contributed by atoms with Gasteiger partial charge in [0.05, 0.1) is 30.8 Å². The van der Waals surface area contributed by atoms with Crippen molar-refractivity contribution in [2.24, 2.45) is 0 Å². The van der Waals surface area contributed by atoms with Gasteiger partial charge < -0.3 is 9.47 Å². The fourth-order valence-electron chi connectivity index (χ4n) is 2.53. The van der Waals surface area contributed by atoms with Gasteiger partial charge in [-0.1, -0.05) is 37.6 Å². The SMILES string of the molecule is CCCc1ccc(-c2cnc(OC(=O)c3ccc(OC)cc3)cn2)cc1. The van der Waals surface area contributed by atoms with Crippen LogP contribution < -0.4 is 9.47 Å². The molecule has 1 heterocycles. The third-order valence-electron chi connectivity index (χ3n) is 3.94. The van der Waals surface area contributed by atoms with Crippen LogP contribution in [0.3, 0.4) is 0 Å². The highest BCUT2D eigenvalue weighted by Crippen LogP contribution is 2.19. The van der Waals surface area contributed by atoms with Crippen molar-refractivity contribution < 1.29 is 14.3 Å². The molecule has 0 bridgehead atoms. The van der Waals surface area contributed by atoms with Gasteiger partial charge in [-0.3, -0.25) is 0 Å². The summed E-state index contributed by atoms with van der Waals surface area (Å²) in [5, 5.41) is 0. The van der Waals surface area contributed by atoms with Gasteiger partial charge in [-0.05, 0) is 36.2 Å². The number of ether oxygens (including phenoxy) is 2. The second-order valence-corrected chi connectivity index (χ2v) is 5.80. The summed E-state index contributed by atoms with van der Waals surface area (Å²) in [6.07, 6.45) is 5.24. The normalized spacial score (nSPS) is 10.4. The van der Waals surface area contributed by atoms with Gasteiger partial charge in [-0.2, -0.15) is 0 Å². The smallest absolute Gasteiger partial charge is 0.344 e. The van der Waals surface area contributed by atoms with Gasteiger partial charge in [0.15, 0.2) is 0 Å². The molecular weight excluding hydrogens is 328 g/mol. The van der Waals surface area contributed by atoms with E-state index in [4.69, 9.17) is 9.47 Å². The maximum Gasteiger partial charge on any atom is 0.344 e. The molecule has 0 amide bonds. The van der Waals surface area contributed by atoms with Gasteiger partial charge in [0.25, 0.3) is 0 Å². The van der Waals surface area contributed by atoms with Crippen molar-refractivity contribution >= 4 is 5.97 Å². The van der Waals surface area contributed by atoms with Crippen LogP contribution in [0.2, 0.25) is 0 Å². The number of rotatable bonds is 6. The Morgan fingerprint density at radius 1 is 0.962 bits per heavy atom. The van der Waals surface area contributed by atoms with E-state index in [1.807, 2.05) is 12.1 Å². The average molecular weight is 348 g/mol. The molecule has 0 N–H and O–H groups in total. The molecule has 3 rings (SSSR count). The summed E-state index contributed by atoms with van der Waals surface area (Å²) in [7, 11) is 1.57. The lowest BCUT2D eigenvalue weighted by molar-refractivity contribution is 0.0727. The molecule has 0 aliphatic carbocycles. The molecule has 26 heavy (non-hydrogen) atoms. The Bertz CT molecular complexity index is 857. The topological polar surface area (TPSA) is 61.3 Å². The minimum Gasteiger partial charge on any atom is -0.497 e. The average Bonchev–Trinajstić information content (AvgIpc) is 2.69. The van der Waals surface area contributed by atoms with E-state index in [2.05, 4.69) is 29.0 Å². The van der Waals surface area contributed by atoms with E-state index >= 15 is 0 Å². The standard InChI is InChI=1S/C21H20N2O3/c1-3-4-15-5-7-16(8-6-15)19-13-23-20(14-22-19)26-21(24)17-9-11-18(25-2)12-10-17/h5-14H,3-4H2,1-2H3. The number of hydrogen-bond acceptors (Lipinski definition) is 5. The van der Waals surface area contributed by atoms with Gasteiger partial charge in [-0.25, -0.2) is 14.8 Å². The van der Waals surface area contributed by atoms with Crippen LogP contribution in [0, 0.1) is 0 Å². The lowest BCUT2D eigenvalue weighted by Gasteiger charge is -2.06. The third kappa shape index (κ3) is 4.25. The molecule has 0 saturated carbocycles. The maximum absolute atomic E-state index is 12.1. The van der Waals surface area contributed by atoms with E-state index in [-0.39, 0.29) is 5.88 Å². The molecule has 132 valence electrons. The quantitative estimate of drug-likeness (QED) is 0.621. The van der Waals surface area contributed by atoms with E-state index in [1.54, 1.807) is 37.6 Å². The molecule has 0 unspecified atom stereocenters. The maximum atomic E-state index is 12.1. The molecule has 3 aromatic rings. The van der Waals surface area contributed by atoms with Gasteiger partial charge in [0, 0.05) is 5.56 Å². The predicted octanol–water partition coefficient (Wildman–Crippen LogP) is 4.32. The number of aromatic nitrogens is 2. The van der Waals surface area contributed by atoms with E-state index in [0.717, 1.165) is 24.1 Å². The minimum atomic E-state index is -0.487.